The number of amides is 1. The molecule has 1 amide bonds. The molecule has 0 bridgehead atoms. The lowest BCUT2D eigenvalue weighted by atomic mass is 10.1. The minimum atomic E-state index is -1.27. The standard InChI is InChI=1S/C13H10N2O5S/c16-12(7-9-2-1-5-21-9)14-11-6-8(15(19)20)3-4-10(11)13(17)18/h1-6H,7H2,(H,14,16)(H,17,18). The molecule has 2 aromatic rings. The Labute approximate surface area is 123 Å². The number of anilines is 1. The number of non-ortho nitro benzene ring substituents is 1. The van der Waals surface area contributed by atoms with Crippen molar-refractivity contribution in [3.05, 3.63) is 56.3 Å². The number of carboxylic acid groups (broad SMARTS) is 1. The second kappa shape index (κ2) is 6.14. The summed E-state index contributed by atoms with van der Waals surface area (Å²) in [5, 5.41) is 24.0. The third-order valence-corrected chi connectivity index (χ3v) is 3.51. The molecular weight excluding hydrogens is 296 g/mol. The highest BCUT2D eigenvalue weighted by atomic mass is 32.1. The molecule has 1 heterocycles. The number of nitrogens with one attached hydrogen (secondary N) is 1. The van der Waals surface area contributed by atoms with Gasteiger partial charge in [0, 0.05) is 17.0 Å². The molecule has 1 aromatic carbocycles. The van der Waals surface area contributed by atoms with Crippen LogP contribution in [0.2, 0.25) is 0 Å². The van der Waals surface area contributed by atoms with Gasteiger partial charge in [0.15, 0.2) is 0 Å². The summed E-state index contributed by atoms with van der Waals surface area (Å²) >= 11 is 1.39. The molecule has 0 aliphatic carbocycles. The van der Waals surface area contributed by atoms with Crippen LogP contribution in [0.1, 0.15) is 15.2 Å². The molecule has 7 nitrogen and oxygen atoms in total. The summed E-state index contributed by atoms with van der Waals surface area (Å²) in [7, 11) is 0. The van der Waals surface area contributed by atoms with Gasteiger partial charge in [-0.1, -0.05) is 6.07 Å². The van der Waals surface area contributed by atoms with Crippen LogP contribution in [0.25, 0.3) is 0 Å². The minimum absolute atomic E-state index is 0.0828. The van der Waals surface area contributed by atoms with Crippen molar-refractivity contribution in [2.24, 2.45) is 0 Å². The minimum Gasteiger partial charge on any atom is -0.478 e. The number of nitro groups is 1. The van der Waals surface area contributed by atoms with E-state index in [9.17, 15) is 19.7 Å². The maximum atomic E-state index is 11.9. The third kappa shape index (κ3) is 3.63. The summed E-state index contributed by atoms with van der Waals surface area (Å²) < 4.78 is 0. The van der Waals surface area contributed by atoms with Crippen LogP contribution in [0.5, 0.6) is 0 Å². The predicted octanol–water partition coefficient (Wildman–Crippen LogP) is 2.54. The van der Waals surface area contributed by atoms with E-state index in [4.69, 9.17) is 5.11 Å². The molecule has 0 saturated heterocycles. The highest BCUT2D eigenvalue weighted by Crippen LogP contribution is 2.23. The topological polar surface area (TPSA) is 110 Å². The van der Waals surface area contributed by atoms with Crippen LogP contribution in [0.15, 0.2) is 35.7 Å². The van der Waals surface area contributed by atoms with Crippen molar-refractivity contribution in [1.29, 1.82) is 0 Å². The predicted molar refractivity (Wildman–Crippen MR) is 76.7 cm³/mol. The quantitative estimate of drug-likeness (QED) is 0.651. The maximum Gasteiger partial charge on any atom is 0.337 e. The molecule has 0 fully saturated rings. The number of rotatable bonds is 5. The SMILES string of the molecule is O=C(Cc1cccs1)Nc1cc([N+](=O)[O-])ccc1C(=O)O. The molecule has 1 aromatic heterocycles. The number of carboxylic acids is 1. The lowest BCUT2D eigenvalue weighted by molar-refractivity contribution is -0.384. The van der Waals surface area contributed by atoms with Crippen LogP contribution in [-0.4, -0.2) is 21.9 Å². The summed E-state index contributed by atoms with van der Waals surface area (Å²) in [5.41, 5.74) is -0.565. The first-order valence-electron chi connectivity index (χ1n) is 5.81. The Morgan fingerprint density at radius 2 is 2.10 bits per heavy atom. The molecule has 0 spiro atoms. The van der Waals surface area contributed by atoms with Gasteiger partial charge in [-0.3, -0.25) is 14.9 Å². The molecular formula is C13H10N2O5S. The van der Waals surface area contributed by atoms with Crippen LogP contribution >= 0.6 is 11.3 Å². The summed E-state index contributed by atoms with van der Waals surface area (Å²) in [4.78, 5) is 33.8. The molecule has 2 rings (SSSR count). The molecule has 2 N–H and O–H groups in total. The number of nitro benzene ring substituents is 1. The van der Waals surface area contributed by atoms with Crippen molar-refractivity contribution in [3.8, 4) is 0 Å². The largest absolute Gasteiger partial charge is 0.478 e. The molecule has 0 radical (unpaired) electrons. The van der Waals surface area contributed by atoms with Gasteiger partial charge in [-0.25, -0.2) is 4.79 Å². The first kappa shape index (κ1) is 14.7. The summed E-state index contributed by atoms with van der Waals surface area (Å²) in [6, 6.07) is 6.79. The van der Waals surface area contributed by atoms with E-state index in [-0.39, 0.29) is 23.4 Å². The Kier molecular flexibility index (Phi) is 4.29. The molecule has 0 aliphatic rings. The molecule has 108 valence electrons. The number of hydrogen-bond donors (Lipinski definition) is 2. The van der Waals surface area contributed by atoms with Gasteiger partial charge in [0.05, 0.1) is 22.6 Å². The Balaban J connectivity index is 2.24. The van der Waals surface area contributed by atoms with E-state index in [0.717, 1.165) is 23.1 Å². The Hall–Kier alpha value is -2.74. The van der Waals surface area contributed by atoms with Crippen molar-refractivity contribution in [2.45, 2.75) is 6.42 Å². The van der Waals surface area contributed by atoms with Gasteiger partial charge < -0.3 is 10.4 Å². The van der Waals surface area contributed by atoms with Crippen molar-refractivity contribution in [3.63, 3.8) is 0 Å². The van der Waals surface area contributed by atoms with Crippen LogP contribution in [-0.2, 0) is 11.2 Å². The summed E-state index contributed by atoms with van der Waals surface area (Å²) in [5.74, 6) is -1.70. The Morgan fingerprint density at radius 3 is 2.67 bits per heavy atom. The van der Waals surface area contributed by atoms with Crippen molar-refractivity contribution < 1.29 is 19.6 Å². The van der Waals surface area contributed by atoms with Gasteiger partial charge >= 0.3 is 5.97 Å². The van der Waals surface area contributed by atoms with E-state index in [0.29, 0.717) is 0 Å². The highest BCUT2D eigenvalue weighted by molar-refractivity contribution is 7.10. The first-order chi connectivity index (χ1) is 9.97. The van der Waals surface area contributed by atoms with E-state index in [1.807, 2.05) is 5.38 Å². The van der Waals surface area contributed by atoms with Gasteiger partial charge in [0.25, 0.3) is 5.69 Å². The fourth-order valence-electron chi connectivity index (χ4n) is 1.70. The lowest BCUT2D eigenvalue weighted by Crippen LogP contribution is -2.16. The number of benzene rings is 1. The van der Waals surface area contributed by atoms with Gasteiger partial charge in [0.2, 0.25) is 5.91 Å². The fraction of sp³-hybridized carbons (Fsp3) is 0.0769. The van der Waals surface area contributed by atoms with Gasteiger partial charge in [-0.2, -0.15) is 0 Å². The monoisotopic (exact) mass is 306 g/mol. The highest BCUT2D eigenvalue weighted by Gasteiger charge is 2.17. The van der Waals surface area contributed by atoms with Gasteiger partial charge in [-0.05, 0) is 17.5 Å². The smallest absolute Gasteiger partial charge is 0.337 e. The number of carbonyl (C=O) groups excluding carboxylic acids is 1. The second-order valence-electron chi connectivity index (χ2n) is 4.10. The normalized spacial score (nSPS) is 10.1. The van der Waals surface area contributed by atoms with Crippen LogP contribution in [0.4, 0.5) is 11.4 Å². The Morgan fingerprint density at radius 1 is 1.33 bits per heavy atom. The van der Waals surface area contributed by atoms with Crippen LogP contribution in [0.3, 0.4) is 0 Å². The number of thiophene rings is 1. The molecule has 0 saturated carbocycles. The van der Waals surface area contributed by atoms with Crippen molar-refractivity contribution in [2.75, 3.05) is 5.32 Å². The lowest BCUT2D eigenvalue weighted by Gasteiger charge is -2.07. The van der Waals surface area contributed by atoms with Crippen molar-refractivity contribution >= 4 is 34.6 Å². The zero-order valence-electron chi connectivity index (χ0n) is 10.6. The maximum absolute atomic E-state index is 11.9. The fourth-order valence-corrected chi connectivity index (χ4v) is 2.41. The van der Waals surface area contributed by atoms with E-state index >= 15 is 0 Å². The average molecular weight is 306 g/mol. The molecule has 0 unspecified atom stereocenters. The van der Waals surface area contributed by atoms with E-state index in [1.54, 1.807) is 12.1 Å². The first-order valence-corrected chi connectivity index (χ1v) is 6.69. The molecule has 8 heteroatoms. The van der Waals surface area contributed by atoms with E-state index in [2.05, 4.69) is 5.32 Å². The van der Waals surface area contributed by atoms with Crippen molar-refractivity contribution in [1.82, 2.24) is 0 Å². The van der Waals surface area contributed by atoms with Gasteiger partial charge in [-0.15, -0.1) is 11.3 Å². The third-order valence-electron chi connectivity index (χ3n) is 2.63. The van der Waals surface area contributed by atoms with E-state index < -0.39 is 16.8 Å². The molecule has 0 atom stereocenters. The Bertz CT molecular complexity index is 697. The number of nitrogens with zero attached hydrogens (tertiary/aromatic N) is 1. The second-order valence-corrected chi connectivity index (χ2v) is 5.13. The zero-order valence-corrected chi connectivity index (χ0v) is 11.4. The zero-order chi connectivity index (χ0) is 15.4. The molecule has 21 heavy (non-hydrogen) atoms. The summed E-state index contributed by atoms with van der Waals surface area (Å²) in [6.45, 7) is 0. The summed E-state index contributed by atoms with van der Waals surface area (Å²) in [6.07, 6.45) is 0.0828. The van der Waals surface area contributed by atoms with Gasteiger partial charge in [0.1, 0.15) is 0 Å². The number of carbonyl (C=O) groups is 2. The molecule has 0 aliphatic heterocycles. The number of hydrogen-bond acceptors (Lipinski definition) is 5. The van der Waals surface area contributed by atoms with E-state index in [1.165, 1.54) is 11.3 Å². The average Bonchev–Trinajstić information content (AvgIpc) is 2.90. The van der Waals surface area contributed by atoms with Crippen LogP contribution < -0.4 is 5.32 Å². The van der Waals surface area contributed by atoms with Crippen LogP contribution in [0, 0.1) is 10.1 Å². The number of aromatic carboxylic acids is 1.